The molecule has 7 rings (SSSR count). The molecule has 3 aromatic carbocycles. The first-order valence-corrected chi connectivity index (χ1v) is 22.2. The molecule has 3 aliphatic carbocycles. The molecule has 0 radical (unpaired) electrons. The molecule has 2 saturated carbocycles. The molecule has 3 fully saturated rings. The number of carbonyl (C=O) groups excluding carboxylic acids is 7. The van der Waals surface area contributed by atoms with Gasteiger partial charge in [-0.1, -0.05) is 96.5 Å². The van der Waals surface area contributed by atoms with Gasteiger partial charge in [-0.25, -0.2) is 9.59 Å². The fourth-order valence-electron chi connectivity index (χ4n) is 10.1. The van der Waals surface area contributed by atoms with Gasteiger partial charge >= 0.3 is 29.8 Å². The Balaban J connectivity index is 1.40. The molecule has 3 aromatic rings. The van der Waals surface area contributed by atoms with Crippen molar-refractivity contribution in [2.45, 2.75) is 101 Å². The van der Waals surface area contributed by atoms with Crippen molar-refractivity contribution < 1.29 is 72.2 Å². The van der Waals surface area contributed by atoms with E-state index < -0.39 is 119 Å². The van der Waals surface area contributed by atoms with Gasteiger partial charge in [-0.2, -0.15) is 0 Å². The van der Waals surface area contributed by atoms with E-state index in [0.717, 1.165) is 13.8 Å². The van der Waals surface area contributed by atoms with Crippen LogP contribution < -0.4 is 5.32 Å². The lowest BCUT2D eigenvalue weighted by molar-refractivity contribution is -0.332. The summed E-state index contributed by atoms with van der Waals surface area (Å²) in [5.41, 5.74) is -5.08. The fourth-order valence-corrected chi connectivity index (χ4v) is 10.2. The number of carbonyl (C=O) groups is 7. The quantitative estimate of drug-likeness (QED) is 0.0996. The Labute approximate surface area is 383 Å². The molecule has 1 aliphatic heterocycles. The predicted molar refractivity (Wildman–Crippen MR) is 231 cm³/mol. The lowest BCUT2D eigenvalue weighted by atomic mass is 9.48. The van der Waals surface area contributed by atoms with Gasteiger partial charge in [0.1, 0.15) is 35.3 Å². The van der Waals surface area contributed by atoms with E-state index in [0.29, 0.717) is 5.56 Å². The lowest BCUT2D eigenvalue weighted by Gasteiger charge is -2.64. The number of nitrogens with one attached hydrogen (secondary N) is 1. The third-order valence-electron chi connectivity index (χ3n) is 13.2. The minimum Gasteiger partial charge on any atom is -0.455 e. The summed E-state index contributed by atoms with van der Waals surface area (Å²) in [6.07, 6.45) is -10.4. The molecular formula is C48H50BrNO15. The number of alkyl halides is 1. The van der Waals surface area contributed by atoms with Crippen LogP contribution >= 0.6 is 15.9 Å². The summed E-state index contributed by atoms with van der Waals surface area (Å²) in [5, 5.41) is 28.0. The molecule has 0 spiro atoms. The van der Waals surface area contributed by atoms with Crippen LogP contribution in [0.3, 0.4) is 0 Å². The Hall–Kier alpha value is -5.75. The van der Waals surface area contributed by atoms with Gasteiger partial charge in [0.25, 0.3) is 5.91 Å². The van der Waals surface area contributed by atoms with Crippen molar-refractivity contribution in [2.24, 2.45) is 17.3 Å². The highest BCUT2D eigenvalue weighted by atomic mass is 79.9. The largest absolute Gasteiger partial charge is 0.455 e. The number of hydrogen-bond donors (Lipinski definition) is 3. The first-order valence-electron chi connectivity index (χ1n) is 21.1. The van der Waals surface area contributed by atoms with Crippen LogP contribution in [0, 0.1) is 17.3 Å². The summed E-state index contributed by atoms with van der Waals surface area (Å²) in [6, 6.07) is 22.8. The number of Topliss-reactive ketones (excluding diaryl/α,β-unsaturated/α-hetero) is 1. The highest BCUT2D eigenvalue weighted by molar-refractivity contribution is 9.09. The normalized spacial score (nSPS) is 29.7. The van der Waals surface area contributed by atoms with Crippen LogP contribution in [0.4, 0.5) is 0 Å². The second-order valence-electron chi connectivity index (χ2n) is 17.3. The Kier molecular flexibility index (Phi) is 13.5. The number of rotatable bonds is 12. The maximum absolute atomic E-state index is 15.3. The van der Waals surface area contributed by atoms with Gasteiger partial charge < -0.3 is 44.0 Å². The molecular weight excluding hydrogens is 910 g/mol. The summed E-state index contributed by atoms with van der Waals surface area (Å²) in [5.74, 6) is -9.30. The maximum Gasteiger partial charge on any atom is 0.350 e. The molecule has 16 nitrogen and oxygen atoms in total. The molecule has 1 amide bonds. The highest BCUT2D eigenvalue weighted by Gasteiger charge is 2.75. The number of fused-ring (bicyclic) bond motifs is 5. The first kappa shape index (κ1) is 47.2. The van der Waals surface area contributed by atoms with E-state index in [9.17, 15) is 39.0 Å². The van der Waals surface area contributed by atoms with Crippen molar-refractivity contribution in [1.29, 1.82) is 0 Å². The summed E-state index contributed by atoms with van der Waals surface area (Å²) in [4.78, 5) is 97.2. The van der Waals surface area contributed by atoms with Crippen LogP contribution in [-0.2, 0) is 52.4 Å². The van der Waals surface area contributed by atoms with Crippen molar-refractivity contribution in [3.05, 3.63) is 119 Å². The summed E-state index contributed by atoms with van der Waals surface area (Å²) < 4.78 is 36.1. The van der Waals surface area contributed by atoms with Gasteiger partial charge in [0.15, 0.2) is 17.5 Å². The van der Waals surface area contributed by atoms with Crippen LogP contribution in [0.5, 0.6) is 0 Å². The van der Waals surface area contributed by atoms with Gasteiger partial charge in [0, 0.05) is 37.7 Å². The summed E-state index contributed by atoms with van der Waals surface area (Å²) >= 11 is 3.07. The van der Waals surface area contributed by atoms with Crippen molar-refractivity contribution in [1.82, 2.24) is 5.32 Å². The van der Waals surface area contributed by atoms with Crippen LogP contribution in [-0.4, -0.2) is 112 Å². The Morgan fingerprint density at radius 2 is 1.46 bits per heavy atom. The lowest BCUT2D eigenvalue weighted by Crippen LogP contribution is -2.79. The van der Waals surface area contributed by atoms with E-state index in [1.165, 1.54) is 19.1 Å². The monoisotopic (exact) mass is 959 g/mol. The molecule has 1 unspecified atom stereocenters. The molecule has 344 valence electrons. The van der Waals surface area contributed by atoms with E-state index in [1.54, 1.807) is 92.7 Å². The second kappa shape index (κ2) is 18.6. The second-order valence-corrected chi connectivity index (χ2v) is 17.9. The van der Waals surface area contributed by atoms with Crippen molar-refractivity contribution >= 4 is 57.5 Å². The number of halogens is 1. The number of benzene rings is 3. The zero-order valence-electron chi connectivity index (χ0n) is 36.3. The molecule has 4 aliphatic rings. The average molecular weight is 961 g/mol. The number of hydrogen-bond acceptors (Lipinski definition) is 15. The standard InChI is InChI=1S/C48H50BrNO15/c1-25-32(62-45(58)41(63-34(54)23-49)38(28-15-9-6-10-16-28)50-43(56)29-17-11-7-12-18-29)22-48(59)42(64-44(57)30-19-13-8-14-20-30)37-35(31(53)21-33-47(37,24-60-33)65-27(3)52)39(55)40(61-26(2)51)36(25)46(48,4)5/h6-20,31-33,35,37-38,40-42,53,59H,21-24H2,1-5H3,(H,50,56)/t31-,32-,33+,35?,37-,38-,40+,41+,42-,47-,48+/m0/s1. The van der Waals surface area contributed by atoms with Crippen molar-refractivity contribution in [3.8, 4) is 0 Å². The Bertz CT molecular complexity index is 2370. The number of amides is 1. The Morgan fingerprint density at radius 3 is 2.02 bits per heavy atom. The fraction of sp³-hybridized carbons (Fsp3) is 0.438. The van der Waals surface area contributed by atoms with Crippen molar-refractivity contribution in [3.63, 3.8) is 0 Å². The van der Waals surface area contributed by atoms with E-state index in [1.807, 2.05) is 0 Å². The van der Waals surface area contributed by atoms with Crippen molar-refractivity contribution in [2.75, 3.05) is 11.9 Å². The minimum absolute atomic E-state index is 0.0184. The average Bonchev–Trinajstić information content (AvgIpc) is 3.27. The molecule has 17 heteroatoms. The number of ether oxygens (including phenoxy) is 6. The van der Waals surface area contributed by atoms with E-state index >= 15 is 4.79 Å². The smallest absolute Gasteiger partial charge is 0.350 e. The highest BCUT2D eigenvalue weighted by Crippen LogP contribution is 2.61. The number of ketones is 1. The van der Waals surface area contributed by atoms with Gasteiger partial charge in [0.05, 0.1) is 30.1 Å². The van der Waals surface area contributed by atoms with E-state index in [-0.39, 0.29) is 40.6 Å². The minimum atomic E-state index is -2.41. The SMILES string of the molecule is CC(=O)O[C@H]1C(=O)C2[C@@H](O)C[C@H]3OC[C@@]3(OC(C)=O)[C@@H]2[C@H](OC(=O)c2ccccc2)[C@]2(O)C[C@H](OC(=O)[C@H](OC(=O)CBr)[C@@H](NC(=O)c3ccccc3)c3ccccc3)C(C)=C1C2(C)C. The molecule has 1 saturated heterocycles. The number of aliphatic hydroxyl groups excluding tert-OH is 1. The molecule has 11 atom stereocenters. The van der Waals surface area contributed by atoms with E-state index in [4.69, 9.17) is 28.4 Å². The Morgan fingerprint density at radius 1 is 0.862 bits per heavy atom. The van der Waals surface area contributed by atoms with Gasteiger partial charge in [0.2, 0.25) is 6.10 Å². The zero-order chi connectivity index (χ0) is 47.0. The molecule has 65 heavy (non-hydrogen) atoms. The zero-order valence-corrected chi connectivity index (χ0v) is 37.9. The first-order chi connectivity index (χ1) is 30.8. The summed E-state index contributed by atoms with van der Waals surface area (Å²) in [6.45, 7) is 6.52. The predicted octanol–water partition coefficient (Wildman–Crippen LogP) is 4.29. The topological polar surface area (TPSA) is 227 Å². The molecule has 0 aromatic heterocycles. The maximum atomic E-state index is 15.3. The van der Waals surface area contributed by atoms with Crippen LogP contribution in [0.25, 0.3) is 0 Å². The van der Waals surface area contributed by atoms with Crippen LogP contribution in [0.15, 0.2) is 102 Å². The van der Waals surface area contributed by atoms with Gasteiger partial charge in [-0.15, -0.1) is 0 Å². The molecule has 2 bridgehead atoms. The number of aliphatic hydroxyl groups is 2. The molecule has 1 heterocycles. The van der Waals surface area contributed by atoms with Gasteiger partial charge in [-0.3, -0.25) is 24.0 Å². The molecule has 3 N–H and O–H groups in total. The van der Waals surface area contributed by atoms with Gasteiger partial charge in [-0.05, 0) is 47.9 Å². The van der Waals surface area contributed by atoms with Crippen LogP contribution in [0.1, 0.15) is 79.8 Å². The third-order valence-corrected chi connectivity index (χ3v) is 13.6. The van der Waals surface area contributed by atoms with E-state index in [2.05, 4.69) is 21.2 Å². The third kappa shape index (κ3) is 8.74. The summed E-state index contributed by atoms with van der Waals surface area (Å²) in [7, 11) is 0. The van der Waals surface area contributed by atoms with Crippen LogP contribution in [0.2, 0.25) is 0 Å². The number of esters is 5.